The number of thioether (sulfide) groups is 1. The number of carboxylic acids is 1. The van der Waals surface area contributed by atoms with Crippen molar-refractivity contribution in [3.05, 3.63) is 161 Å². The van der Waals surface area contributed by atoms with Gasteiger partial charge in [-0.25, -0.2) is 4.79 Å². The number of carbonyl (C=O) groups excluding carboxylic acids is 1. The van der Waals surface area contributed by atoms with Gasteiger partial charge in [-0.1, -0.05) is 97.1 Å². The molecule has 0 radical (unpaired) electrons. The van der Waals surface area contributed by atoms with E-state index in [1.807, 2.05) is 97.1 Å². The van der Waals surface area contributed by atoms with Crippen molar-refractivity contribution in [1.29, 1.82) is 0 Å². The fourth-order valence-electron chi connectivity index (χ4n) is 5.54. The highest BCUT2D eigenvalue weighted by Crippen LogP contribution is 2.40. The summed E-state index contributed by atoms with van der Waals surface area (Å²) in [5, 5.41) is 22.1. The highest BCUT2D eigenvalue weighted by atomic mass is 32.2. The molecule has 0 saturated carbocycles. The van der Waals surface area contributed by atoms with Crippen LogP contribution in [0.5, 0.6) is 0 Å². The van der Waals surface area contributed by atoms with E-state index in [9.17, 15) is 19.8 Å². The molecule has 1 heterocycles. The van der Waals surface area contributed by atoms with Crippen LogP contribution in [-0.2, 0) is 22.6 Å². The monoisotopic (exact) mass is 645 g/mol. The first kappa shape index (κ1) is 32.2. The minimum Gasteiger partial charge on any atom is -0.478 e. The Kier molecular flexibility index (Phi) is 10.4. The Morgan fingerprint density at radius 1 is 0.745 bits per heavy atom. The largest absolute Gasteiger partial charge is 0.478 e. The van der Waals surface area contributed by atoms with Crippen LogP contribution in [0.4, 0.5) is 0 Å². The number of benzene rings is 5. The molecule has 3 N–H and O–H groups in total. The lowest BCUT2D eigenvalue weighted by atomic mass is 9.99. The number of aromatic carboxylic acids is 1. The first-order valence-electron chi connectivity index (χ1n) is 15.4. The van der Waals surface area contributed by atoms with Crippen molar-refractivity contribution in [2.75, 3.05) is 5.75 Å². The van der Waals surface area contributed by atoms with Gasteiger partial charge in [-0.2, -0.15) is 0 Å². The molecule has 1 fully saturated rings. The average Bonchev–Trinajstić information content (AvgIpc) is 3.13. The molecule has 7 nitrogen and oxygen atoms in total. The van der Waals surface area contributed by atoms with Crippen LogP contribution in [0.1, 0.15) is 61.8 Å². The third kappa shape index (κ3) is 8.17. The summed E-state index contributed by atoms with van der Waals surface area (Å²) in [6.45, 7) is 0.387. The lowest BCUT2D eigenvalue weighted by molar-refractivity contribution is -0.245. The van der Waals surface area contributed by atoms with E-state index in [1.165, 1.54) is 11.8 Å². The summed E-state index contributed by atoms with van der Waals surface area (Å²) in [6.07, 6.45) is -0.474. The Bertz CT molecular complexity index is 1810. The van der Waals surface area contributed by atoms with E-state index in [2.05, 4.69) is 11.4 Å². The predicted molar refractivity (Wildman–Crippen MR) is 182 cm³/mol. The number of ether oxygens (including phenoxy) is 2. The van der Waals surface area contributed by atoms with Crippen LogP contribution in [0.3, 0.4) is 0 Å². The smallest absolute Gasteiger partial charge is 0.336 e. The number of hydrogen-bond donors (Lipinski definition) is 3. The summed E-state index contributed by atoms with van der Waals surface area (Å²) in [4.78, 5) is 25.0. The Balaban J connectivity index is 1.17. The van der Waals surface area contributed by atoms with Crippen molar-refractivity contribution < 1.29 is 29.3 Å². The van der Waals surface area contributed by atoms with Gasteiger partial charge in [-0.15, -0.1) is 11.8 Å². The van der Waals surface area contributed by atoms with Crippen LogP contribution in [0.25, 0.3) is 11.1 Å². The summed E-state index contributed by atoms with van der Waals surface area (Å²) in [5.41, 5.74) is 6.64. The molecule has 1 amide bonds. The maximum atomic E-state index is 12.5. The second-order valence-electron chi connectivity index (χ2n) is 11.3. The van der Waals surface area contributed by atoms with E-state index in [1.54, 1.807) is 24.3 Å². The number of carbonyl (C=O) groups is 2. The van der Waals surface area contributed by atoms with Crippen LogP contribution in [0, 0.1) is 0 Å². The lowest BCUT2D eigenvalue weighted by Gasteiger charge is -2.36. The number of amides is 1. The Labute approximate surface area is 278 Å². The standard InChI is InChI=1S/C39H35NO6S/c41-24-26-13-15-29(16-14-26)35-22-33(25-47-36-12-5-4-11-34(36)38(43)44)45-39(46-35)31-19-17-28(18-20-31)32-10-6-7-27(21-32)23-40-37(42)30-8-2-1-3-9-30/h1-21,33,35,39,41H,22-25H2,(H,40,42)(H,43,44). The van der Waals surface area contributed by atoms with Gasteiger partial charge in [-0.3, -0.25) is 4.79 Å². The molecule has 5 aromatic carbocycles. The van der Waals surface area contributed by atoms with E-state index in [0.29, 0.717) is 29.2 Å². The number of carboxylic acid groups (broad SMARTS) is 1. The third-order valence-electron chi connectivity index (χ3n) is 8.09. The molecule has 238 valence electrons. The Morgan fingerprint density at radius 2 is 1.47 bits per heavy atom. The van der Waals surface area contributed by atoms with Gasteiger partial charge in [-0.05, 0) is 58.1 Å². The van der Waals surface area contributed by atoms with Crippen molar-refractivity contribution in [3.8, 4) is 11.1 Å². The van der Waals surface area contributed by atoms with Crippen LogP contribution in [-0.4, -0.2) is 33.9 Å². The summed E-state index contributed by atoms with van der Waals surface area (Å²) in [5.74, 6) is -0.511. The molecular formula is C39H35NO6S. The number of rotatable bonds is 11. The summed E-state index contributed by atoms with van der Waals surface area (Å²) < 4.78 is 13.0. The SMILES string of the molecule is O=C(NCc1cccc(-c2ccc(C3OC(CSc4ccccc4C(=O)O)CC(c4ccc(CO)cc4)O3)cc2)c1)c1ccccc1. The molecule has 3 unspecified atom stereocenters. The second-order valence-corrected chi connectivity index (χ2v) is 12.4. The van der Waals surface area contributed by atoms with Crippen molar-refractivity contribution in [2.45, 2.75) is 43.0 Å². The maximum Gasteiger partial charge on any atom is 0.336 e. The van der Waals surface area contributed by atoms with Crippen molar-refractivity contribution >= 4 is 23.6 Å². The minimum absolute atomic E-state index is 0.0304. The van der Waals surface area contributed by atoms with Crippen molar-refractivity contribution in [3.63, 3.8) is 0 Å². The molecule has 0 aromatic heterocycles. The van der Waals surface area contributed by atoms with E-state index in [4.69, 9.17) is 9.47 Å². The summed E-state index contributed by atoms with van der Waals surface area (Å²) >= 11 is 1.47. The van der Waals surface area contributed by atoms with Crippen LogP contribution >= 0.6 is 11.8 Å². The highest BCUT2D eigenvalue weighted by molar-refractivity contribution is 7.99. The van der Waals surface area contributed by atoms with E-state index >= 15 is 0 Å². The fraction of sp³-hybridized carbons (Fsp3) is 0.179. The minimum atomic E-state index is -0.955. The first-order valence-corrected chi connectivity index (χ1v) is 16.4. The van der Waals surface area contributed by atoms with Crippen molar-refractivity contribution in [2.24, 2.45) is 0 Å². The van der Waals surface area contributed by atoms with Gasteiger partial charge >= 0.3 is 5.97 Å². The molecule has 5 aromatic rings. The maximum absolute atomic E-state index is 12.5. The highest BCUT2D eigenvalue weighted by Gasteiger charge is 2.32. The first-order chi connectivity index (χ1) is 23.0. The van der Waals surface area contributed by atoms with E-state index in [0.717, 1.165) is 33.4 Å². The van der Waals surface area contributed by atoms with Gasteiger partial charge < -0.3 is 25.0 Å². The molecule has 3 atom stereocenters. The average molecular weight is 646 g/mol. The van der Waals surface area contributed by atoms with Gasteiger partial charge in [0.25, 0.3) is 5.91 Å². The number of nitrogens with one attached hydrogen (secondary N) is 1. The Hall–Kier alpha value is -4.73. The molecule has 8 heteroatoms. The summed E-state index contributed by atoms with van der Waals surface area (Å²) in [7, 11) is 0. The topological polar surface area (TPSA) is 105 Å². The van der Waals surface area contributed by atoms with E-state index in [-0.39, 0.29) is 30.3 Å². The van der Waals surface area contributed by atoms with Crippen LogP contribution in [0.15, 0.2) is 132 Å². The van der Waals surface area contributed by atoms with Crippen LogP contribution in [0.2, 0.25) is 0 Å². The second kappa shape index (κ2) is 15.2. The molecule has 0 spiro atoms. The molecule has 1 aliphatic rings. The van der Waals surface area contributed by atoms with E-state index < -0.39 is 12.3 Å². The molecule has 0 aliphatic carbocycles. The zero-order valence-corrected chi connectivity index (χ0v) is 26.4. The number of hydrogen-bond acceptors (Lipinski definition) is 6. The fourth-order valence-corrected chi connectivity index (χ4v) is 6.61. The predicted octanol–water partition coefficient (Wildman–Crippen LogP) is 7.81. The molecule has 1 aliphatic heterocycles. The summed E-state index contributed by atoms with van der Waals surface area (Å²) in [6, 6.07) is 40.1. The molecule has 6 rings (SSSR count). The molecule has 47 heavy (non-hydrogen) atoms. The van der Waals surface area contributed by atoms with Gasteiger partial charge in [0.05, 0.1) is 24.4 Å². The van der Waals surface area contributed by atoms with Gasteiger partial charge in [0.2, 0.25) is 0 Å². The molecular weight excluding hydrogens is 610 g/mol. The van der Waals surface area contributed by atoms with Gasteiger partial charge in [0.15, 0.2) is 6.29 Å². The third-order valence-corrected chi connectivity index (χ3v) is 9.29. The Morgan fingerprint density at radius 3 is 2.21 bits per heavy atom. The normalized spacial score (nSPS) is 17.6. The van der Waals surface area contributed by atoms with Crippen molar-refractivity contribution in [1.82, 2.24) is 5.32 Å². The lowest BCUT2D eigenvalue weighted by Crippen LogP contribution is -2.31. The quantitative estimate of drug-likeness (QED) is 0.126. The zero-order chi connectivity index (χ0) is 32.6. The zero-order valence-electron chi connectivity index (χ0n) is 25.6. The van der Waals surface area contributed by atoms with Crippen LogP contribution < -0.4 is 5.32 Å². The molecule has 0 bridgehead atoms. The van der Waals surface area contributed by atoms with Gasteiger partial charge in [0.1, 0.15) is 0 Å². The molecule has 1 saturated heterocycles. The van der Waals surface area contributed by atoms with Gasteiger partial charge in [0, 0.05) is 34.7 Å². The number of aliphatic hydroxyl groups excluding tert-OH is 1. The number of aliphatic hydroxyl groups is 1.